The summed E-state index contributed by atoms with van der Waals surface area (Å²) in [4.78, 5) is 29.2. The van der Waals surface area contributed by atoms with Crippen molar-refractivity contribution in [2.24, 2.45) is 5.73 Å². The lowest BCUT2D eigenvalue weighted by molar-refractivity contribution is -0.152. The second-order valence-corrected chi connectivity index (χ2v) is 13.5. The van der Waals surface area contributed by atoms with Gasteiger partial charge in [-0.05, 0) is 68.0 Å². The van der Waals surface area contributed by atoms with Crippen molar-refractivity contribution in [1.82, 2.24) is 4.90 Å². The fourth-order valence-electron chi connectivity index (χ4n) is 4.88. The zero-order chi connectivity index (χ0) is 27.2. The molecular weight excluding hydrogens is 516 g/mol. The van der Waals surface area contributed by atoms with Crippen molar-refractivity contribution in [3.8, 4) is 11.5 Å². The van der Waals surface area contributed by atoms with E-state index in [1.165, 1.54) is 18.4 Å². The maximum atomic E-state index is 13.3. The average Bonchev–Trinajstić information content (AvgIpc) is 3.43. The summed E-state index contributed by atoms with van der Waals surface area (Å²) in [6.07, 6.45) is 3.36. The summed E-state index contributed by atoms with van der Waals surface area (Å²) in [6, 6.07) is 6.66. The molecule has 0 saturated carbocycles. The van der Waals surface area contributed by atoms with E-state index in [9.17, 15) is 18.0 Å². The molecule has 2 unspecified atom stereocenters. The second-order valence-electron chi connectivity index (χ2n) is 10.3. The van der Waals surface area contributed by atoms with E-state index in [4.69, 9.17) is 19.9 Å². The molecule has 1 aromatic heterocycles. The molecule has 0 saturated heterocycles. The number of ether oxygens (including phenoxy) is 3. The molecule has 1 aromatic carbocycles. The molecule has 2 aliphatic rings. The molecule has 1 amide bonds. The predicted molar refractivity (Wildman–Crippen MR) is 140 cm³/mol. The Morgan fingerprint density at radius 3 is 2.54 bits per heavy atom. The molecule has 9 nitrogen and oxygen atoms in total. The minimum atomic E-state index is -3.23. The Kier molecular flexibility index (Phi) is 7.06. The van der Waals surface area contributed by atoms with Gasteiger partial charge in [-0.25, -0.2) is 13.2 Å². The number of methoxy groups -OCH3 is 1. The molecule has 0 radical (unpaired) electrons. The maximum absolute atomic E-state index is 13.3. The van der Waals surface area contributed by atoms with E-state index in [0.29, 0.717) is 29.3 Å². The van der Waals surface area contributed by atoms with Gasteiger partial charge in [0.25, 0.3) is 0 Å². The summed E-state index contributed by atoms with van der Waals surface area (Å²) in [5.41, 5.74) is 6.03. The van der Waals surface area contributed by atoms with E-state index in [1.807, 2.05) is 28.5 Å². The quantitative estimate of drug-likeness (QED) is 0.499. The number of carbonyl (C=O) groups excluding carboxylic acids is 2. The number of rotatable bonds is 8. The molecule has 37 heavy (non-hydrogen) atoms. The van der Waals surface area contributed by atoms with Gasteiger partial charge in [0.2, 0.25) is 5.91 Å². The van der Waals surface area contributed by atoms with Crippen molar-refractivity contribution in [3.05, 3.63) is 57.4 Å². The number of fused-ring (bicyclic) bond motifs is 3. The van der Waals surface area contributed by atoms with E-state index in [-0.39, 0.29) is 18.1 Å². The van der Waals surface area contributed by atoms with Gasteiger partial charge in [0.05, 0.1) is 18.9 Å². The van der Waals surface area contributed by atoms with Gasteiger partial charge in [-0.3, -0.25) is 4.79 Å². The third kappa shape index (κ3) is 5.19. The van der Waals surface area contributed by atoms with E-state index in [0.717, 1.165) is 17.4 Å². The highest BCUT2D eigenvalue weighted by Gasteiger charge is 2.57. The zero-order valence-electron chi connectivity index (χ0n) is 21.6. The SMILES string of the molecule is COc1cc2c(cc1OCCS(C)(=O)=O)C1N(CC2)C(C(=O)OC(C)(C)C)=CC1(C(N)=O)c1cccs1. The minimum absolute atomic E-state index is 0.0599. The van der Waals surface area contributed by atoms with Crippen molar-refractivity contribution in [1.29, 1.82) is 0 Å². The lowest BCUT2D eigenvalue weighted by Gasteiger charge is -2.42. The maximum Gasteiger partial charge on any atom is 0.354 e. The third-order valence-electron chi connectivity index (χ3n) is 6.42. The van der Waals surface area contributed by atoms with Gasteiger partial charge in [0, 0.05) is 17.7 Å². The normalized spacial score (nSPS) is 21.1. The zero-order valence-corrected chi connectivity index (χ0v) is 23.2. The van der Waals surface area contributed by atoms with Crippen LogP contribution < -0.4 is 15.2 Å². The molecule has 2 aliphatic heterocycles. The number of benzene rings is 1. The highest BCUT2D eigenvalue weighted by Crippen LogP contribution is 2.54. The van der Waals surface area contributed by atoms with Crippen LogP contribution in [0, 0.1) is 0 Å². The van der Waals surface area contributed by atoms with Crippen LogP contribution >= 0.6 is 11.3 Å². The first-order chi connectivity index (χ1) is 17.3. The Balaban J connectivity index is 1.86. The van der Waals surface area contributed by atoms with Crippen molar-refractivity contribution < 1.29 is 32.2 Å². The summed E-state index contributed by atoms with van der Waals surface area (Å²) in [5, 5.41) is 1.86. The fourth-order valence-corrected chi connectivity index (χ4v) is 6.20. The smallest absolute Gasteiger partial charge is 0.354 e. The molecule has 2 atom stereocenters. The van der Waals surface area contributed by atoms with Crippen LogP contribution in [0.4, 0.5) is 0 Å². The molecule has 11 heteroatoms. The number of nitrogens with two attached hydrogens (primary N) is 1. The Morgan fingerprint density at radius 1 is 1.24 bits per heavy atom. The van der Waals surface area contributed by atoms with Crippen LogP contribution in [0.3, 0.4) is 0 Å². The number of carbonyl (C=O) groups is 2. The lowest BCUT2D eigenvalue weighted by atomic mass is 9.73. The molecule has 0 fully saturated rings. The van der Waals surface area contributed by atoms with E-state index < -0.39 is 38.8 Å². The van der Waals surface area contributed by atoms with Crippen molar-refractivity contribution in [2.45, 2.75) is 44.2 Å². The Morgan fingerprint density at radius 2 is 1.97 bits per heavy atom. The standard InChI is InChI=1S/C26H32N2O7S2/c1-25(2,3)35-23(29)18-15-26(24(27)30,21-7-6-11-36-21)22-17-14-20(34-10-12-37(5,31)32)19(33-4)13-16(17)8-9-28(18)22/h6-7,11,13-15,22H,8-10,12H2,1-5H3,(H2,27,30). The second kappa shape index (κ2) is 9.68. The molecule has 200 valence electrons. The lowest BCUT2D eigenvalue weighted by Crippen LogP contribution is -2.48. The van der Waals surface area contributed by atoms with E-state index >= 15 is 0 Å². The first-order valence-electron chi connectivity index (χ1n) is 11.8. The number of nitrogens with zero attached hydrogens (tertiary/aromatic N) is 1. The van der Waals surface area contributed by atoms with Gasteiger partial charge in [0.1, 0.15) is 23.3 Å². The summed E-state index contributed by atoms with van der Waals surface area (Å²) >= 11 is 1.39. The number of sulfone groups is 1. The monoisotopic (exact) mass is 548 g/mol. The first kappa shape index (κ1) is 27.0. The molecular formula is C26H32N2O7S2. The van der Waals surface area contributed by atoms with Gasteiger partial charge >= 0.3 is 5.97 Å². The van der Waals surface area contributed by atoms with Crippen LogP contribution in [0.5, 0.6) is 11.5 Å². The van der Waals surface area contributed by atoms with Crippen molar-refractivity contribution >= 4 is 33.1 Å². The molecule has 0 aliphatic carbocycles. The van der Waals surface area contributed by atoms with Crippen molar-refractivity contribution in [2.75, 3.05) is 32.3 Å². The van der Waals surface area contributed by atoms with Gasteiger partial charge in [-0.15, -0.1) is 11.3 Å². The first-order valence-corrected chi connectivity index (χ1v) is 14.8. The van der Waals surface area contributed by atoms with E-state index in [2.05, 4.69) is 0 Å². The Hall–Kier alpha value is -3.05. The van der Waals surface area contributed by atoms with Crippen molar-refractivity contribution in [3.63, 3.8) is 0 Å². The summed E-state index contributed by atoms with van der Waals surface area (Å²) in [5.74, 6) is -0.472. The Labute approximate surface area is 221 Å². The van der Waals surface area contributed by atoms with E-state index in [1.54, 1.807) is 32.9 Å². The van der Waals surface area contributed by atoms with Gasteiger partial charge < -0.3 is 24.8 Å². The molecule has 2 N–H and O–H groups in total. The fraction of sp³-hybridized carbons (Fsp3) is 0.462. The summed E-state index contributed by atoms with van der Waals surface area (Å²) < 4.78 is 40.3. The highest BCUT2D eigenvalue weighted by atomic mass is 32.2. The number of amides is 1. The topological polar surface area (TPSA) is 125 Å². The molecule has 0 bridgehead atoms. The molecule has 4 rings (SSSR count). The highest BCUT2D eigenvalue weighted by molar-refractivity contribution is 7.90. The van der Waals surface area contributed by atoms with Gasteiger partial charge in [-0.1, -0.05) is 6.07 Å². The third-order valence-corrected chi connectivity index (χ3v) is 8.34. The molecule has 0 spiro atoms. The average molecular weight is 549 g/mol. The minimum Gasteiger partial charge on any atom is -0.493 e. The van der Waals surface area contributed by atoms with Crippen LogP contribution in [0.25, 0.3) is 0 Å². The van der Waals surface area contributed by atoms with Gasteiger partial charge in [0.15, 0.2) is 21.3 Å². The van der Waals surface area contributed by atoms with Crippen LogP contribution in [0.1, 0.15) is 42.8 Å². The number of hydrogen-bond acceptors (Lipinski definition) is 9. The van der Waals surface area contributed by atoms with Crippen LogP contribution in [0.2, 0.25) is 0 Å². The largest absolute Gasteiger partial charge is 0.493 e. The number of thiophene rings is 1. The Bertz CT molecular complexity index is 1340. The molecule has 2 aromatic rings. The molecule has 3 heterocycles. The van der Waals surface area contributed by atoms with Crippen LogP contribution in [0.15, 0.2) is 41.4 Å². The van der Waals surface area contributed by atoms with Gasteiger partial charge in [-0.2, -0.15) is 0 Å². The number of primary amides is 1. The summed E-state index contributed by atoms with van der Waals surface area (Å²) in [7, 11) is -1.72. The predicted octanol–water partition coefficient (Wildman–Crippen LogP) is 2.74. The number of hydrogen-bond donors (Lipinski definition) is 1. The van der Waals surface area contributed by atoms with Crippen LogP contribution in [-0.2, 0) is 36.0 Å². The summed E-state index contributed by atoms with van der Waals surface area (Å²) in [6.45, 7) is 5.76. The number of esters is 1. The van der Waals surface area contributed by atoms with Crippen LogP contribution in [-0.4, -0.2) is 63.1 Å².